The largest absolute Gasteiger partial charge is 0.354 e. The molecule has 1 saturated heterocycles. The maximum absolute atomic E-state index is 12.4. The van der Waals surface area contributed by atoms with Crippen LogP contribution in [0.15, 0.2) is 29.3 Å². The van der Waals surface area contributed by atoms with Crippen LogP contribution < -0.4 is 5.32 Å². The van der Waals surface area contributed by atoms with Gasteiger partial charge in [-0.05, 0) is 26.0 Å². The highest BCUT2D eigenvalue weighted by Gasteiger charge is 2.35. The third-order valence-corrected chi connectivity index (χ3v) is 5.73. The molecule has 8 heteroatoms. The maximum Gasteiger partial charge on any atom is 0.261 e. The average molecular weight is 488 g/mol. The molecule has 0 aliphatic carbocycles. The van der Waals surface area contributed by atoms with E-state index in [0.717, 1.165) is 24.8 Å². The van der Waals surface area contributed by atoms with Crippen molar-refractivity contribution >= 4 is 53.5 Å². The second-order valence-electron chi connectivity index (χ2n) is 6.81. The number of benzene rings is 1. The molecule has 1 aromatic rings. The Morgan fingerprint density at radius 2 is 1.85 bits per heavy atom. The van der Waals surface area contributed by atoms with Gasteiger partial charge < -0.3 is 10.2 Å². The lowest BCUT2D eigenvalue weighted by Gasteiger charge is -2.39. The van der Waals surface area contributed by atoms with Crippen molar-refractivity contribution in [2.24, 2.45) is 4.99 Å². The number of nitrogens with one attached hydrogen (secondary N) is 1. The molecule has 3 rings (SSSR count). The van der Waals surface area contributed by atoms with Gasteiger partial charge in [-0.25, -0.2) is 0 Å². The van der Waals surface area contributed by atoms with E-state index in [9.17, 15) is 9.59 Å². The van der Waals surface area contributed by atoms with Crippen molar-refractivity contribution in [3.8, 4) is 0 Å². The van der Waals surface area contributed by atoms with Crippen molar-refractivity contribution in [3.63, 3.8) is 0 Å². The van der Waals surface area contributed by atoms with Crippen molar-refractivity contribution in [2.75, 3.05) is 39.0 Å². The van der Waals surface area contributed by atoms with Crippen LogP contribution in [0.25, 0.3) is 0 Å². The molecule has 0 radical (unpaired) electrons. The predicted molar refractivity (Wildman–Crippen MR) is 117 cm³/mol. The number of amides is 2. The highest BCUT2D eigenvalue weighted by Crippen LogP contribution is 2.29. The number of nitrogens with zero attached hydrogens (tertiary/aromatic N) is 3. The summed E-state index contributed by atoms with van der Waals surface area (Å²) >= 11 is 1.97. The molecule has 2 aliphatic heterocycles. The van der Waals surface area contributed by atoms with Crippen molar-refractivity contribution in [2.45, 2.75) is 18.6 Å². The molecule has 0 atom stereocenters. The summed E-state index contributed by atoms with van der Waals surface area (Å²) in [6.07, 6.45) is 0. The number of fused-ring (bicyclic) bond motifs is 1. The minimum atomic E-state index is -0.215. The van der Waals surface area contributed by atoms with Crippen LogP contribution in [0.3, 0.4) is 0 Å². The van der Waals surface area contributed by atoms with Gasteiger partial charge >= 0.3 is 0 Å². The minimum absolute atomic E-state index is 0. The summed E-state index contributed by atoms with van der Waals surface area (Å²) in [6.45, 7) is 7.15. The zero-order valence-electron chi connectivity index (χ0n) is 15.3. The second-order valence-corrected chi connectivity index (χ2v) is 8.61. The molecule has 1 N–H and O–H groups in total. The van der Waals surface area contributed by atoms with Gasteiger partial charge in [-0.1, -0.05) is 12.1 Å². The third kappa shape index (κ3) is 4.33. The molecule has 0 unspecified atom stereocenters. The number of hydrogen-bond donors (Lipinski definition) is 1. The van der Waals surface area contributed by atoms with E-state index >= 15 is 0 Å². The van der Waals surface area contributed by atoms with E-state index in [-0.39, 0.29) is 40.5 Å². The van der Waals surface area contributed by atoms with Crippen molar-refractivity contribution in [1.82, 2.24) is 15.1 Å². The van der Waals surface area contributed by atoms with Crippen molar-refractivity contribution < 1.29 is 9.59 Å². The first kappa shape index (κ1) is 21.0. The van der Waals surface area contributed by atoms with E-state index in [2.05, 4.69) is 29.1 Å². The van der Waals surface area contributed by atoms with E-state index in [1.54, 1.807) is 31.3 Å². The van der Waals surface area contributed by atoms with Crippen LogP contribution in [0.4, 0.5) is 0 Å². The standard InChI is InChI=1S/C18H24N4O2S.HI/c1-18(2)12-21(10-11-25-18)17(19-3)20-8-9-22-15(23)13-6-4-5-7-14(13)16(22)24;/h4-7H,8-12H2,1-3H3,(H,19,20);1H. The first-order chi connectivity index (χ1) is 11.9. The molecule has 26 heavy (non-hydrogen) atoms. The zero-order valence-corrected chi connectivity index (χ0v) is 18.5. The zero-order chi connectivity index (χ0) is 18.0. The van der Waals surface area contributed by atoms with Gasteiger partial charge in [0.2, 0.25) is 0 Å². The lowest BCUT2D eigenvalue weighted by atomic mass is 10.1. The topological polar surface area (TPSA) is 65.0 Å². The fraction of sp³-hybridized carbons (Fsp3) is 0.500. The molecule has 2 aliphatic rings. The summed E-state index contributed by atoms with van der Waals surface area (Å²) in [4.78, 5) is 32.6. The van der Waals surface area contributed by atoms with Crippen LogP contribution in [0.1, 0.15) is 34.6 Å². The van der Waals surface area contributed by atoms with Crippen LogP contribution in [-0.2, 0) is 0 Å². The molecule has 0 saturated carbocycles. The Hall–Kier alpha value is -1.29. The number of halogens is 1. The summed E-state index contributed by atoms with van der Waals surface area (Å²) in [5, 5.41) is 3.29. The van der Waals surface area contributed by atoms with Gasteiger partial charge in [0.05, 0.1) is 11.1 Å². The fourth-order valence-electron chi connectivity index (χ4n) is 3.25. The highest BCUT2D eigenvalue weighted by molar-refractivity contribution is 14.0. The van der Waals surface area contributed by atoms with Crippen molar-refractivity contribution in [3.05, 3.63) is 35.4 Å². The molecule has 2 amide bonds. The molecule has 1 aromatic carbocycles. The fourth-order valence-corrected chi connectivity index (χ4v) is 4.36. The van der Waals surface area contributed by atoms with Gasteiger partial charge in [0.25, 0.3) is 11.8 Å². The summed E-state index contributed by atoms with van der Waals surface area (Å²) in [5.41, 5.74) is 0.985. The third-order valence-electron chi connectivity index (χ3n) is 4.43. The quantitative estimate of drug-likeness (QED) is 0.306. The van der Waals surface area contributed by atoms with E-state index in [1.165, 1.54) is 4.90 Å². The first-order valence-corrected chi connectivity index (χ1v) is 9.46. The second kappa shape index (κ2) is 8.60. The molecule has 6 nitrogen and oxygen atoms in total. The van der Waals surface area contributed by atoms with Gasteiger partial charge in [0.15, 0.2) is 5.96 Å². The van der Waals surface area contributed by atoms with Gasteiger partial charge in [-0.3, -0.25) is 19.5 Å². The Morgan fingerprint density at radius 1 is 1.23 bits per heavy atom. The van der Waals surface area contributed by atoms with E-state index in [4.69, 9.17) is 0 Å². The van der Waals surface area contributed by atoms with Crippen LogP contribution >= 0.6 is 35.7 Å². The number of carbonyl (C=O) groups excluding carboxylic acids is 2. The van der Waals surface area contributed by atoms with Crippen LogP contribution in [0.5, 0.6) is 0 Å². The number of thioether (sulfide) groups is 1. The molecule has 2 heterocycles. The van der Waals surface area contributed by atoms with Crippen LogP contribution in [0.2, 0.25) is 0 Å². The van der Waals surface area contributed by atoms with Gasteiger partial charge in [-0.2, -0.15) is 11.8 Å². The molecular formula is C18H25IN4O2S. The monoisotopic (exact) mass is 488 g/mol. The molecule has 0 spiro atoms. The number of carbonyl (C=O) groups is 2. The molecule has 1 fully saturated rings. The first-order valence-electron chi connectivity index (χ1n) is 8.48. The Morgan fingerprint density at radius 3 is 2.38 bits per heavy atom. The van der Waals surface area contributed by atoms with Crippen LogP contribution in [-0.4, -0.2) is 71.3 Å². The lowest BCUT2D eigenvalue weighted by Crippen LogP contribution is -2.52. The Bertz CT molecular complexity index is 688. The normalized spacial score (nSPS) is 19.3. The van der Waals surface area contributed by atoms with E-state index in [0.29, 0.717) is 24.2 Å². The Balaban J connectivity index is 0.00000243. The lowest BCUT2D eigenvalue weighted by molar-refractivity contribution is 0.0657. The highest BCUT2D eigenvalue weighted by atomic mass is 127. The van der Waals surface area contributed by atoms with E-state index in [1.807, 2.05) is 11.8 Å². The number of hydrogen-bond acceptors (Lipinski definition) is 4. The van der Waals surface area contributed by atoms with Gasteiger partial charge in [-0.15, -0.1) is 24.0 Å². The Labute approximate surface area is 175 Å². The molecular weight excluding hydrogens is 463 g/mol. The molecule has 0 bridgehead atoms. The number of rotatable bonds is 3. The van der Waals surface area contributed by atoms with E-state index < -0.39 is 0 Å². The maximum atomic E-state index is 12.4. The smallest absolute Gasteiger partial charge is 0.261 e. The average Bonchev–Trinajstić information content (AvgIpc) is 2.83. The summed E-state index contributed by atoms with van der Waals surface area (Å²) in [7, 11) is 1.76. The summed E-state index contributed by atoms with van der Waals surface area (Å²) < 4.78 is 0.193. The SMILES string of the molecule is CN=C(NCCN1C(=O)c2ccccc2C1=O)N1CCSC(C)(C)C1.I. The molecule has 0 aromatic heterocycles. The minimum Gasteiger partial charge on any atom is -0.354 e. The van der Waals surface area contributed by atoms with Crippen molar-refractivity contribution in [1.29, 1.82) is 0 Å². The number of imide groups is 1. The molecule has 142 valence electrons. The van der Waals surface area contributed by atoms with Crippen LogP contribution in [0, 0.1) is 0 Å². The number of guanidine groups is 1. The summed E-state index contributed by atoms with van der Waals surface area (Å²) in [6, 6.07) is 6.97. The van der Waals surface area contributed by atoms with Gasteiger partial charge in [0, 0.05) is 43.7 Å². The Kier molecular flexibility index (Phi) is 6.95. The number of aliphatic imine (C=N–C) groups is 1. The summed E-state index contributed by atoms with van der Waals surface area (Å²) in [5.74, 6) is 1.46. The predicted octanol–water partition coefficient (Wildman–Crippen LogP) is 2.30. The van der Waals surface area contributed by atoms with Gasteiger partial charge in [0.1, 0.15) is 0 Å².